The third kappa shape index (κ3) is 3.02. The smallest absolute Gasteiger partial charge is 0.285 e. The molecule has 1 nitrogen and oxygen atoms in total. The van der Waals surface area contributed by atoms with E-state index in [9.17, 15) is 18.0 Å². The summed E-state index contributed by atoms with van der Waals surface area (Å²) in [6.07, 6.45) is -3.08. The van der Waals surface area contributed by atoms with Crippen LogP contribution in [0.4, 0.5) is 13.2 Å². The minimum Gasteiger partial charge on any atom is -0.285 e. The Bertz CT molecular complexity index is 311. The number of alkyl halides is 3. The van der Waals surface area contributed by atoms with Crippen LogP contribution in [0.25, 0.3) is 6.08 Å². The first-order valence-electron chi connectivity index (χ1n) is 3.33. The summed E-state index contributed by atoms with van der Waals surface area (Å²) in [7, 11) is 0. The van der Waals surface area contributed by atoms with E-state index in [1.807, 2.05) is 0 Å². The molecule has 1 aromatic rings. The number of ketones is 1. The molecular formula is C8H5F3OS. The summed E-state index contributed by atoms with van der Waals surface area (Å²) in [6, 6.07) is 3.33. The molecule has 0 saturated heterocycles. The van der Waals surface area contributed by atoms with Crippen molar-refractivity contribution in [2.24, 2.45) is 0 Å². The molecule has 1 aromatic heterocycles. The van der Waals surface area contributed by atoms with E-state index in [-0.39, 0.29) is 0 Å². The molecule has 0 fully saturated rings. The molecule has 0 atom stereocenters. The maximum Gasteiger partial charge on any atom is 0.454 e. The molecular weight excluding hydrogens is 201 g/mol. The maximum atomic E-state index is 11.7. The van der Waals surface area contributed by atoms with Crippen molar-refractivity contribution in [3.63, 3.8) is 0 Å². The zero-order valence-corrected chi connectivity index (χ0v) is 7.15. The highest BCUT2D eigenvalue weighted by Crippen LogP contribution is 2.18. The standard InChI is InChI=1S/C8H5F3OS/c9-8(10,11)7(12)4-3-6-2-1-5-13-6/h1-5H/b4-3-. The second-order valence-corrected chi connectivity index (χ2v) is 3.19. The molecule has 13 heavy (non-hydrogen) atoms. The number of hydrogen-bond donors (Lipinski definition) is 0. The van der Waals surface area contributed by atoms with Gasteiger partial charge in [0.1, 0.15) is 0 Å². The second kappa shape index (κ2) is 3.74. The van der Waals surface area contributed by atoms with Crippen molar-refractivity contribution in [1.82, 2.24) is 0 Å². The fourth-order valence-electron chi connectivity index (χ4n) is 0.638. The molecule has 0 aliphatic carbocycles. The monoisotopic (exact) mass is 206 g/mol. The van der Waals surface area contributed by atoms with E-state index in [0.29, 0.717) is 11.0 Å². The molecule has 1 heterocycles. The van der Waals surface area contributed by atoms with Crippen molar-refractivity contribution < 1.29 is 18.0 Å². The van der Waals surface area contributed by atoms with Gasteiger partial charge in [0.15, 0.2) is 0 Å². The van der Waals surface area contributed by atoms with Crippen molar-refractivity contribution in [3.05, 3.63) is 28.5 Å². The number of halogens is 3. The molecule has 0 radical (unpaired) electrons. The average Bonchev–Trinajstić information content (AvgIpc) is 2.50. The first-order valence-corrected chi connectivity index (χ1v) is 4.21. The minimum atomic E-state index is -4.77. The van der Waals surface area contributed by atoms with Gasteiger partial charge in [-0.2, -0.15) is 13.2 Å². The highest BCUT2D eigenvalue weighted by atomic mass is 32.1. The Morgan fingerprint density at radius 3 is 2.62 bits per heavy atom. The van der Waals surface area contributed by atoms with E-state index in [2.05, 4.69) is 0 Å². The molecule has 70 valence electrons. The SMILES string of the molecule is O=C(/C=C\c1cccs1)C(F)(F)F. The van der Waals surface area contributed by atoms with Gasteiger partial charge in [0.25, 0.3) is 5.78 Å². The van der Waals surface area contributed by atoms with Crippen LogP contribution in [0.1, 0.15) is 4.88 Å². The summed E-state index contributed by atoms with van der Waals surface area (Å²) in [5.74, 6) is -1.83. The Kier molecular flexibility index (Phi) is 2.87. The first-order chi connectivity index (χ1) is 6.00. The molecule has 0 unspecified atom stereocenters. The van der Waals surface area contributed by atoms with E-state index in [1.54, 1.807) is 17.5 Å². The molecule has 0 aromatic carbocycles. The van der Waals surface area contributed by atoms with Crippen LogP contribution in [-0.2, 0) is 4.79 Å². The van der Waals surface area contributed by atoms with Gasteiger partial charge in [-0.1, -0.05) is 6.07 Å². The number of allylic oxidation sites excluding steroid dienone is 1. The summed E-state index contributed by atoms with van der Waals surface area (Å²) in [6.45, 7) is 0. The fourth-order valence-corrected chi connectivity index (χ4v) is 1.26. The Labute approximate surface area is 76.5 Å². The third-order valence-electron chi connectivity index (χ3n) is 1.22. The first kappa shape index (κ1) is 9.98. The molecule has 0 aliphatic rings. The number of rotatable bonds is 2. The van der Waals surface area contributed by atoms with Gasteiger partial charge in [-0.05, 0) is 23.6 Å². The molecule has 1 rings (SSSR count). The van der Waals surface area contributed by atoms with Gasteiger partial charge in [-0.3, -0.25) is 4.79 Å². The number of hydrogen-bond acceptors (Lipinski definition) is 2. The lowest BCUT2D eigenvalue weighted by molar-refractivity contribution is -0.165. The van der Waals surface area contributed by atoms with Crippen molar-refractivity contribution in [2.75, 3.05) is 0 Å². The van der Waals surface area contributed by atoms with Gasteiger partial charge in [-0.25, -0.2) is 0 Å². The summed E-state index contributed by atoms with van der Waals surface area (Å²) in [5, 5.41) is 1.72. The molecule has 0 spiro atoms. The van der Waals surface area contributed by atoms with Crippen LogP contribution in [-0.4, -0.2) is 12.0 Å². The van der Waals surface area contributed by atoms with Crippen LogP contribution in [0, 0.1) is 0 Å². The predicted molar refractivity (Wildman–Crippen MR) is 44.4 cm³/mol. The minimum absolute atomic E-state index is 0.534. The average molecular weight is 206 g/mol. The van der Waals surface area contributed by atoms with Crippen LogP contribution in [0.15, 0.2) is 23.6 Å². The van der Waals surface area contributed by atoms with Crippen LogP contribution in [0.2, 0.25) is 0 Å². The Morgan fingerprint density at radius 2 is 2.15 bits per heavy atom. The van der Waals surface area contributed by atoms with Crippen LogP contribution >= 0.6 is 11.3 Å². The largest absolute Gasteiger partial charge is 0.454 e. The van der Waals surface area contributed by atoms with Crippen molar-refractivity contribution in [1.29, 1.82) is 0 Å². The lowest BCUT2D eigenvalue weighted by Crippen LogP contribution is -2.19. The third-order valence-corrected chi connectivity index (χ3v) is 2.06. The highest BCUT2D eigenvalue weighted by Gasteiger charge is 2.35. The highest BCUT2D eigenvalue weighted by molar-refractivity contribution is 7.10. The van der Waals surface area contributed by atoms with E-state index >= 15 is 0 Å². The molecule has 0 aliphatic heterocycles. The second-order valence-electron chi connectivity index (χ2n) is 2.21. The normalized spacial score (nSPS) is 12.2. The molecule has 5 heteroatoms. The van der Waals surface area contributed by atoms with Crippen molar-refractivity contribution in [3.8, 4) is 0 Å². The Morgan fingerprint density at radius 1 is 1.46 bits per heavy atom. The molecule has 0 amide bonds. The molecule has 0 N–H and O–H groups in total. The van der Waals surface area contributed by atoms with E-state index in [0.717, 1.165) is 6.08 Å². The lowest BCUT2D eigenvalue weighted by atomic mass is 10.3. The van der Waals surface area contributed by atoms with E-state index in [1.165, 1.54) is 11.3 Å². The zero-order chi connectivity index (χ0) is 9.90. The summed E-state index contributed by atoms with van der Waals surface area (Å²) >= 11 is 1.27. The number of carbonyl (C=O) groups is 1. The van der Waals surface area contributed by atoms with Crippen molar-refractivity contribution >= 4 is 23.2 Å². The van der Waals surface area contributed by atoms with Gasteiger partial charge in [-0.15, -0.1) is 11.3 Å². The quantitative estimate of drug-likeness (QED) is 0.680. The number of carbonyl (C=O) groups excluding carboxylic acids is 1. The Balaban J connectivity index is 2.65. The molecule has 0 saturated carbocycles. The van der Waals surface area contributed by atoms with Crippen molar-refractivity contribution in [2.45, 2.75) is 6.18 Å². The fraction of sp³-hybridized carbons (Fsp3) is 0.125. The van der Waals surface area contributed by atoms with Gasteiger partial charge in [0.2, 0.25) is 0 Å². The van der Waals surface area contributed by atoms with Crippen LogP contribution in [0.5, 0.6) is 0 Å². The van der Waals surface area contributed by atoms with Gasteiger partial charge in [0, 0.05) is 4.88 Å². The van der Waals surface area contributed by atoms with Gasteiger partial charge < -0.3 is 0 Å². The predicted octanol–water partition coefficient (Wildman–Crippen LogP) is 2.89. The van der Waals surface area contributed by atoms with Crippen LogP contribution < -0.4 is 0 Å². The maximum absolute atomic E-state index is 11.7. The number of thiophene rings is 1. The lowest BCUT2D eigenvalue weighted by Gasteiger charge is -1.98. The van der Waals surface area contributed by atoms with Crippen LogP contribution in [0.3, 0.4) is 0 Å². The summed E-state index contributed by atoms with van der Waals surface area (Å²) < 4.78 is 35.0. The van der Waals surface area contributed by atoms with E-state index < -0.39 is 12.0 Å². The topological polar surface area (TPSA) is 17.1 Å². The van der Waals surface area contributed by atoms with Gasteiger partial charge >= 0.3 is 6.18 Å². The molecule has 0 bridgehead atoms. The summed E-state index contributed by atoms with van der Waals surface area (Å²) in [4.78, 5) is 11.0. The summed E-state index contributed by atoms with van der Waals surface area (Å²) in [5.41, 5.74) is 0. The zero-order valence-electron chi connectivity index (χ0n) is 6.34. The van der Waals surface area contributed by atoms with Gasteiger partial charge in [0.05, 0.1) is 0 Å². The Hall–Kier alpha value is -1.10. The van der Waals surface area contributed by atoms with E-state index in [4.69, 9.17) is 0 Å².